The second-order valence-electron chi connectivity index (χ2n) is 8.02. The SMILES string of the molecule is O=S(O)NCc1nnc(C(c2nc3ccc(-c4ccccc4)cc3s2)S(=O)(=O)Cc2ccc(Cl)cc2)o1. The highest BCUT2D eigenvalue weighted by Crippen LogP contribution is 2.38. The van der Waals surface area contributed by atoms with Crippen molar-refractivity contribution >= 4 is 54.3 Å². The zero-order chi connectivity index (χ0) is 26.0. The Hall–Kier alpha value is -3.00. The summed E-state index contributed by atoms with van der Waals surface area (Å²) in [4.78, 5) is 4.62. The van der Waals surface area contributed by atoms with Crippen LogP contribution in [0.1, 0.15) is 27.6 Å². The molecule has 2 unspecified atom stereocenters. The van der Waals surface area contributed by atoms with Crippen LogP contribution in [0, 0.1) is 0 Å². The fourth-order valence-corrected chi connectivity index (χ4v) is 7.27. The minimum atomic E-state index is -3.94. The van der Waals surface area contributed by atoms with Crippen molar-refractivity contribution in [1.29, 1.82) is 0 Å². The molecule has 13 heteroatoms. The van der Waals surface area contributed by atoms with E-state index in [0.717, 1.165) is 15.8 Å². The number of fused-ring (bicyclic) bond motifs is 1. The number of halogens is 1. The number of nitrogens with zero attached hydrogens (tertiary/aromatic N) is 3. The van der Waals surface area contributed by atoms with Gasteiger partial charge in [0.1, 0.15) is 5.01 Å². The van der Waals surface area contributed by atoms with Crippen LogP contribution in [0.2, 0.25) is 5.02 Å². The average Bonchev–Trinajstić information content (AvgIpc) is 3.51. The molecular formula is C24H19ClN4O5S3. The quantitative estimate of drug-likeness (QED) is 0.237. The van der Waals surface area contributed by atoms with Crippen LogP contribution in [-0.2, 0) is 33.4 Å². The molecule has 3 aromatic carbocycles. The molecule has 5 aromatic rings. The summed E-state index contributed by atoms with van der Waals surface area (Å²) in [6, 6.07) is 22.1. The Bertz CT molecular complexity index is 1670. The van der Waals surface area contributed by atoms with E-state index >= 15 is 0 Å². The summed E-state index contributed by atoms with van der Waals surface area (Å²) in [5, 5.41) is 7.24. The van der Waals surface area contributed by atoms with Gasteiger partial charge >= 0.3 is 0 Å². The largest absolute Gasteiger partial charge is 0.422 e. The maximum absolute atomic E-state index is 13.7. The van der Waals surface area contributed by atoms with Gasteiger partial charge in [0.15, 0.2) is 15.1 Å². The molecule has 0 aliphatic carbocycles. The number of sulfone groups is 1. The first kappa shape index (κ1) is 25.6. The van der Waals surface area contributed by atoms with E-state index in [9.17, 15) is 12.6 Å². The number of rotatable bonds is 9. The third-order valence-electron chi connectivity index (χ3n) is 5.43. The molecule has 0 bridgehead atoms. The van der Waals surface area contributed by atoms with Gasteiger partial charge in [-0.25, -0.2) is 22.3 Å². The maximum atomic E-state index is 13.7. The summed E-state index contributed by atoms with van der Waals surface area (Å²) in [6.07, 6.45) is 0. The van der Waals surface area contributed by atoms with Gasteiger partial charge in [-0.05, 0) is 41.0 Å². The molecule has 5 rings (SSSR count). The Morgan fingerprint density at radius 3 is 2.51 bits per heavy atom. The number of aromatic nitrogens is 3. The van der Waals surface area contributed by atoms with Gasteiger partial charge in [-0.3, -0.25) is 4.55 Å². The van der Waals surface area contributed by atoms with Gasteiger partial charge in [0.2, 0.25) is 23.0 Å². The summed E-state index contributed by atoms with van der Waals surface area (Å²) in [5.74, 6) is -0.509. The van der Waals surface area contributed by atoms with Crippen LogP contribution in [0.4, 0.5) is 0 Å². The van der Waals surface area contributed by atoms with E-state index in [0.29, 0.717) is 16.1 Å². The Labute approximate surface area is 223 Å². The molecule has 0 saturated heterocycles. The number of hydrogen-bond acceptors (Lipinski definition) is 8. The van der Waals surface area contributed by atoms with Gasteiger partial charge in [-0.2, -0.15) is 0 Å². The second-order valence-corrected chi connectivity index (χ2v) is 12.4. The van der Waals surface area contributed by atoms with Gasteiger partial charge in [0.25, 0.3) is 0 Å². The maximum Gasteiger partial charge on any atom is 0.241 e. The third kappa shape index (κ3) is 5.95. The number of benzene rings is 3. The van der Waals surface area contributed by atoms with E-state index in [2.05, 4.69) is 19.9 Å². The lowest BCUT2D eigenvalue weighted by Gasteiger charge is -2.12. The smallest absolute Gasteiger partial charge is 0.241 e. The first-order chi connectivity index (χ1) is 17.8. The molecule has 0 amide bonds. The predicted molar refractivity (Wildman–Crippen MR) is 143 cm³/mol. The van der Waals surface area contributed by atoms with E-state index in [1.165, 1.54) is 11.3 Å². The molecule has 2 atom stereocenters. The van der Waals surface area contributed by atoms with Crippen molar-refractivity contribution in [2.24, 2.45) is 0 Å². The number of nitrogens with one attached hydrogen (secondary N) is 1. The lowest BCUT2D eigenvalue weighted by molar-refractivity contribution is 0.442. The molecule has 2 aromatic heterocycles. The Kier molecular flexibility index (Phi) is 7.47. The minimum absolute atomic E-state index is 0.0310. The van der Waals surface area contributed by atoms with E-state index in [1.807, 2.05) is 48.5 Å². The first-order valence-corrected chi connectivity index (χ1v) is 14.9. The molecule has 0 saturated carbocycles. The molecular weight excluding hydrogens is 556 g/mol. The van der Waals surface area contributed by atoms with Crippen LogP contribution in [0.3, 0.4) is 0 Å². The monoisotopic (exact) mass is 574 g/mol. The van der Waals surface area contributed by atoms with Crippen LogP contribution >= 0.6 is 22.9 Å². The second kappa shape index (κ2) is 10.8. The van der Waals surface area contributed by atoms with Gasteiger partial charge in [-0.15, -0.1) is 21.5 Å². The third-order valence-corrected chi connectivity index (χ3v) is 9.18. The van der Waals surface area contributed by atoms with Crippen molar-refractivity contribution in [3.05, 3.63) is 100 Å². The first-order valence-electron chi connectivity index (χ1n) is 10.9. The molecule has 37 heavy (non-hydrogen) atoms. The molecule has 9 nitrogen and oxygen atoms in total. The summed E-state index contributed by atoms with van der Waals surface area (Å²) >= 11 is 4.90. The molecule has 0 aliphatic rings. The van der Waals surface area contributed by atoms with E-state index in [-0.39, 0.29) is 29.1 Å². The lowest BCUT2D eigenvalue weighted by atomic mass is 10.1. The fourth-order valence-electron chi connectivity index (χ4n) is 3.74. The van der Waals surface area contributed by atoms with Crippen molar-refractivity contribution in [2.45, 2.75) is 17.5 Å². The Balaban J connectivity index is 1.56. The summed E-state index contributed by atoms with van der Waals surface area (Å²) in [5.41, 5.74) is 3.19. The van der Waals surface area contributed by atoms with Gasteiger partial charge in [-0.1, -0.05) is 60.1 Å². The highest BCUT2D eigenvalue weighted by atomic mass is 35.5. The van der Waals surface area contributed by atoms with Crippen molar-refractivity contribution in [2.75, 3.05) is 0 Å². The predicted octanol–water partition coefficient (Wildman–Crippen LogP) is 4.93. The fraction of sp³-hybridized carbons (Fsp3) is 0.125. The lowest BCUT2D eigenvalue weighted by Crippen LogP contribution is -2.17. The molecule has 0 radical (unpaired) electrons. The van der Waals surface area contributed by atoms with Crippen molar-refractivity contribution in [3.63, 3.8) is 0 Å². The normalized spacial score (nSPS) is 13.6. The van der Waals surface area contributed by atoms with Gasteiger partial charge in [0, 0.05) is 5.02 Å². The Morgan fingerprint density at radius 1 is 1.03 bits per heavy atom. The van der Waals surface area contributed by atoms with Crippen LogP contribution in [-0.4, -0.2) is 32.4 Å². The summed E-state index contributed by atoms with van der Waals surface area (Å²) in [7, 11) is -3.94. The number of thiazole rings is 1. The topological polar surface area (TPSA) is 135 Å². The molecule has 0 aliphatic heterocycles. The molecule has 0 fully saturated rings. The highest BCUT2D eigenvalue weighted by molar-refractivity contribution is 7.91. The van der Waals surface area contributed by atoms with Crippen molar-refractivity contribution < 1.29 is 21.6 Å². The summed E-state index contributed by atoms with van der Waals surface area (Å²) < 4.78 is 56.0. The van der Waals surface area contributed by atoms with Crippen LogP contribution < -0.4 is 4.72 Å². The molecule has 2 heterocycles. The summed E-state index contributed by atoms with van der Waals surface area (Å²) in [6.45, 7) is -0.208. The standard InChI is InChI=1S/C24H19ClN4O5S3/c25-18-9-6-15(7-10-18)14-37(32,33)22(23-29-28-21(34-23)13-26-36(30)31)24-27-19-11-8-17(12-20(19)35-24)16-4-2-1-3-5-16/h1-12,22,26H,13-14H2,(H,30,31). The van der Waals surface area contributed by atoms with E-state index in [4.69, 9.17) is 20.6 Å². The Morgan fingerprint density at radius 2 is 1.78 bits per heavy atom. The zero-order valence-corrected chi connectivity index (χ0v) is 22.1. The molecule has 2 N–H and O–H groups in total. The van der Waals surface area contributed by atoms with Crippen molar-refractivity contribution in [3.8, 4) is 11.1 Å². The zero-order valence-electron chi connectivity index (χ0n) is 18.9. The average molecular weight is 575 g/mol. The van der Waals surface area contributed by atoms with E-state index in [1.54, 1.807) is 24.3 Å². The molecule has 190 valence electrons. The van der Waals surface area contributed by atoms with E-state index < -0.39 is 26.4 Å². The van der Waals surface area contributed by atoms with Crippen LogP contribution in [0.5, 0.6) is 0 Å². The number of hydrogen-bond donors (Lipinski definition) is 2. The minimum Gasteiger partial charge on any atom is -0.422 e. The highest BCUT2D eigenvalue weighted by Gasteiger charge is 2.37. The van der Waals surface area contributed by atoms with Gasteiger partial charge in [0.05, 0.1) is 22.5 Å². The van der Waals surface area contributed by atoms with Crippen LogP contribution in [0.15, 0.2) is 77.2 Å². The molecule has 0 spiro atoms. The van der Waals surface area contributed by atoms with Crippen LogP contribution in [0.25, 0.3) is 21.3 Å². The van der Waals surface area contributed by atoms with Gasteiger partial charge < -0.3 is 4.42 Å². The van der Waals surface area contributed by atoms with Crippen molar-refractivity contribution in [1.82, 2.24) is 19.9 Å².